The molecule has 0 heterocycles. The quantitative estimate of drug-likeness (QED) is 0.654. The van der Waals surface area contributed by atoms with Gasteiger partial charge < -0.3 is 9.90 Å². The number of alkyl halides is 1. The van der Waals surface area contributed by atoms with Crippen LogP contribution in [-0.2, 0) is 10.1 Å². The summed E-state index contributed by atoms with van der Waals surface area (Å²) in [5, 5.41) is 10.2. The highest BCUT2D eigenvalue weighted by Crippen LogP contribution is 2.26. The number of benzene rings is 1. The normalized spacial score (nSPS) is 12.5. The molecule has 1 unspecified atom stereocenters. The van der Waals surface area contributed by atoms with Gasteiger partial charge in [0.05, 0.1) is 0 Å². The summed E-state index contributed by atoms with van der Waals surface area (Å²) in [6.45, 7) is 1.76. The van der Waals surface area contributed by atoms with Crippen molar-refractivity contribution in [2.75, 3.05) is 0 Å². The number of aldehydes is 1. The number of hydrogen-bond donors (Lipinski definition) is 1. The second-order valence-corrected chi connectivity index (χ2v) is 3.51. The summed E-state index contributed by atoms with van der Waals surface area (Å²) in [4.78, 5) is 10.5. The summed E-state index contributed by atoms with van der Waals surface area (Å²) in [6.07, 6.45) is 0.826. The van der Waals surface area contributed by atoms with Crippen LogP contribution in [0.25, 0.3) is 0 Å². The Kier molecular flexibility index (Phi) is 3.48. The molecule has 70 valence electrons. The Morgan fingerprint density at radius 2 is 2.31 bits per heavy atom. The fourth-order valence-corrected chi connectivity index (χ4v) is 1.47. The summed E-state index contributed by atoms with van der Waals surface area (Å²) in [5.41, 5.74) is 1.74. The van der Waals surface area contributed by atoms with Gasteiger partial charge >= 0.3 is 0 Å². The van der Waals surface area contributed by atoms with Crippen molar-refractivity contribution in [2.24, 2.45) is 0 Å². The predicted octanol–water partition coefficient (Wildman–Crippen LogP) is 2.59. The molecule has 0 amide bonds. The molecule has 0 fully saturated rings. The Hall–Kier alpha value is -0.830. The van der Waals surface area contributed by atoms with E-state index >= 15 is 0 Å². The first-order chi connectivity index (χ1) is 6.19. The van der Waals surface area contributed by atoms with Crippen LogP contribution >= 0.6 is 15.9 Å². The van der Waals surface area contributed by atoms with Crippen molar-refractivity contribution < 1.29 is 9.90 Å². The number of aromatic hydroxyl groups is 1. The molecule has 13 heavy (non-hydrogen) atoms. The highest BCUT2D eigenvalue weighted by Gasteiger charge is 2.09. The van der Waals surface area contributed by atoms with Gasteiger partial charge in [0, 0.05) is 16.8 Å². The Labute approximate surface area is 85.7 Å². The third kappa shape index (κ3) is 2.31. The van der Waals surface area contributed by atoms with E-state index in [0.29, 0.717) is 5.56 Å². The van der Waals surface area contributed by atoms with Gasteiger partial charge in [-0.2, -0.15) is 0 Å². The maximum atomic E-state index is 10.5. The monoisotopic (exact) mass is 242 g/mol. The summed E-state index contributed by atoms with van der Waals surface area (Å²) in [6, 6.07) is 5.28. The number of phenolic OH excluding ortho intramolecular Hbond substituents is 1. The van der Waals surface area contributed by atoms with Crippen molar-refractivity contribution in [3.05, 3.63) is 29.3 Å². The van der Waals surface area contributed by atoms with E-state index in [1.54, 1.807) is 13.0 Å². The zero-order chi connectivity index (χ0) is 9.84. The molecule has 0 aromatic heterocycles. The first-order valence-electron chi connectivity index (χ1n) is 4.02. The fraction of sp³-hybridized carbons (Fsp3) is 0.300. The molecule has 0 saturated heterocycles. The molecular formula is C10H11BrO2. The van der Waals surface area contributed by atoms with Crippen LogP contribution in [0.1, 0.15) is 24.0 Å². The van der Waals surface area contributed by atoms with Gasteiger partial charge in [-0.3, -0.25) is 0 Å². The lowest BCUT2D eigenvalue weighted by Gasteiger charge is -2.08. The summed E-state index contributed by atoms with van der Waals surface area (Å²) < 4.78 is 0. The van der Waals surface area contributed by atoms with E-state index in [1.807, 2.05) is 12.1 Å². The van der Waals surface area contributed by atoms with Crippen LogP contribution in [0, 0.1) is 0 Å². The van der Waals surface area contributed by atoms with Gasteiger partial charge in [-0.05, 0) is 11.6 Å². The van der Waals surface area contributed by atoms with Crippen molar-refractivity contribution in [1.29, 1.82) is 0 Å². The second-order valence-electron chi connectivity index (χ2n) is 2.95. The van der Waals surface area contributed by atoms with E-state index in [-0.39, 0.29) is 11.7 Å². The summed E-state index contributed by atoms with van der Waals surface area (Å²) >= 11 is 3.32. The molecule has 1 N–H and O–H groups in total. The van der Waals surface area contributed by atoms with Gasteiger partial charge in [0.1, 0.15) is 12.0 Å². The molecule has 3 heteroatoms. The minimum absolute atomic E-state index is 0.185. The molecular weight excluding hydrogens is 232 g/mol. The topological polar surface area (TPSA) is 37.3 Å². The Bertz CT molecular complexity index is 310. The third-order valence-electron chi connectivity index (χ3n) is 1.94. The molecule has 0 radical (unpaired) electrons. The molecule has 0 aliphatic carbocycles. The SMILES string of the molecule is CC(C=O)c1cc(CBr)ccc1O. The van der Waals surface area contributed by atoms with Gasteiger partial charge in [-0.15, -0.1) is 0 Å². The zero-order valence-electron chi connectivity index (χ0n) is 7.33. The third-order valence-corrected chi connectivity index (χ3v) is 2.59. The largest absolute Gasteiger partial charge is 0.508 e. The van der Waals surface area contributed by atoms with Gasteiger partial charge in [0.25, 0.3) is 0 Å². The van der Waals surface area contributed by atoms with Crippen LogP contribution in [0.2, 0.25) is 0 Å². The molecule has 1 aromatic carbocycles. The fourth-order valence-electron chi connectivity index (χ4n) is 1.13. The van der Waals surface area contributed by atoms with Crippen LogP contribution < -0.4 is 0 Å². The van der Waals surface area contributed by atoms with E-state index < -0.39 is 0 Å². The van der Waals surface area contributed by atoms with Crippen LogP contribution in [-0.4, -0.2) is 11.4 Å². The van der Waals surface area contributed by atoms with E-state index in [4.69, 9.17) is 0 Å². The average Bonchev–Trinajstić information content (AvgIpc) is 2.17. The Morgan fingerprint density at radius 3 is 2.85 bits per heavy atom. The Morgan fingerprint density at radius 1 is 1.62 bits per heavy atom. The van der Waals surface area contributed by atoms with Crippen LogP contribution in [0.5, 0.6) is 5.75 Å². The number of carbonyl (C=O) groups excluding carboxylic acids is 1. The molecule has 1 aromatic rings. The smallest absolute Gasteiger partial charge is 0.127 e. The second kappa shape index (κ2) is 4.42. The maximum absolute atomic E-state index is 10.5. The maximum Gasteiger partial charge on any atom is 0.127 e. The van der Waals surface area contributed by atoms with E-state index in [0.717, 1.165) is 17.2 Å². The molecule has 0 spiro atoms. The standard InChI is InChI=1S/C10H11BrO2/c1-7(6-12)9-4-8(5-11)2-3-10(9)13/h2-4,6-7,13H,5H2,1H3. The van der Waals surface area contributed by atoms with Crippen LogP contribution in [0.4, 0.5) is 0 Å². The minimum Gasteiger partial charge on any atom is -0.508 e. The zero-order valence-corrected chi connectivity index (χ0v) is 8.91. The molecule has 0 saturated carbocycles. The lowest BCUT2D eigenvalue weighted by atomic mass is 10.00. The molecule has 0 bridgehead atoms. The summed E-state index contributed by atoms with van der Waals surface area (Å²) in [7, 11) is 0. The van der Waals surface area contributed by atoms with Gasteiger partial charge in [-0.25, -0.2) is 0 Å². The van der Waals surface area contributed by atoms with Crippen molar-refractivity contribution >= 4 is 22.2 Å². The minimum atomic E-state index is -0.251. The van der Waals surface area contributed by atoms with Crippen molar-refractivity contribution in [1.82, 2.24) is 0 Å². The van der Waals surface area contributed by atoms with Crippen LogP contribution in [0.3, 0.4) is 0 Å². The van der Waals surface area contributed by atoms with Crippen molar-refractivity contribution in [3.8, 4) is 5.75 Å². The lowest BCUT2D eigenvalue weighted by Crippen LogP contribution is -1.95. The van der Waals surface area contributed by atoms with Gasteiger partial charge in [0.2, 0.25) is 0 Å². The molecule has 1 atom stereocenters. The summed E-state index contributed by atoms with van der Waals surface area (Å²) in [5.74, 6) is -0.0664. The average molecular weight is 243 g/mol. The molecule has 1 rings (SSSR count). The van der Waals surface area contributed by atoms with Gasteiger partial charge in [-0.1, -0.05) is 35.0 Å². The number of phenols is 1. The van der Waals surface area contributed by atoms with Crippen LogP contribution in [0.15, 0.2) is 18.2 Å². The lowest BCUT2D eigenvalue weighted by molar-refractivity contribution is -0.108. The Balaban J connectivity index is 3.10. The molecule has 2 nitrogen and oxygen atoms in total. The number of hydrogen-bond acceptors (Lipinski definition) is 2. The highest BCUT2D eigenvalue weighted by atomic mass is 79.9. The van der Waals surface area contributed by atoms with Crippen molar-refractivity contribution in [2.45, 2.75) is 18.2 Å². The first kappa shape index (κ1) is 10.3. The predicted molar refractivity (Wildman–Crippen MR) is 55.2 cm³/mol. The number of halogens is 1. The van der Waals surface area contributed by atoms with Gasteiger partial charge in [0.15, 0.2) is 0 Å². The number of rotatable bonds is 3. The van der Waals surface area contributed by atoms with E-state index in [1.165, 1.54) is 0 Å². The first-order valence-corrected chi connectivity index (χ1v) is 5.14. The number of carbonyl (C=O) groups is 1. The van der Waals surface area contributed by atoms with Crippen molar-refractivity contribution in [3.63, 3.8) is 0 Å². The molecule has 0 aliphatic heterocycles. The highest BCUT2D eigenvalue weighted by molar-refractivity contribution is 9.08. The van der Waals surface area contributed by atoms with E-state index in [9.17, 15) is 9.90 Å². The molecule has 0 aliphatic rings. The van der Waals surface area contributed by atoms with E-state index in [2.05, 4.69) is 15.9 Å².